The highest BCUT2D eigenvalue weighted by Gasteiger charge is 2.51. The average molecular weight is 567 g/mol. The third kappa shape index (κ3) is 5.13. The average Bonchev–Trinajstić information content (AvgIpc) is 3.07. The van der Waals surface area contributed by atoms with Crippen LogP contribution in [0.5, 0.6) is 0 Å². The van der Waals surface area contributed by atoms with E-state index in [-0.39, 0.29) is 52.3 Å². The molecule has 2 heterocycles. The number of aliphatic hydroxyl groups is 1. The largest absolute Gasteiger partial charge is 0.421 e. The zero-order valence-electron chi connectivity index (χ0n) is 20.5. The van der Waals surface area contributed by atoms with Gasteiger partial charge in [0.05, 0.1) is 6.26 Å². The first-order valence-electron chi connectivity index (χ1n) is 11.9. The minimum absolute atomic E-state index is 0.0450. The van der Waals surface area contributed by atoms with Crippen LogP contribution >= 0.6 is 11.6 Å². The van der Waals surface area contributed by atoms with Gasteiger partial charge in [-0.25, -0.2) is 17.2 Å². The number of alkyl halides is 3. The Kier molecular flexibility index (Phi) is 7.44. The molecule has 0 aliphatic carbocycles. The fourth-order valence-corrected chi connectivity index (χ4v) is 7.19. The molecule has 1 N–H and O–H groups in total. The van der Waals surface area contributed by atoms with Gasteiger partial charge >= 0.3 is 6.18 Å². The highest BCUT2D eigenvalue weighted by Crippen LogP contribution is 2.42. The van der Waals surface area contributed by atoms with Gasteiger partial charge < -0.3 is 5.11 Å². The lowest BCUT2D eigenvalue weighted by Crippen LogP contribution is -2.55. The Bertz CT molecular complexity index is 1300. The second-order valence-corrected chi connectivity index (χ2v) is 12.3. The summed E-state index contributed by atoms with van der Waals surface area (Å²) in [6.45, 7) is 2.95. The van der Waals surface area contributed by atoms with Gasteiger partial charge in [0.15, 0.2) is 5.60 Å². The maximum absolute atomic E-state index is 15.7. The predicted octanol–water partition coefficient (Wildman–Crippen LogP) is 5.23. The molecule has 0 radical (unpaired) electrons. The summed E-state index contributed by atoms with van der Waals surface area (Å²) < 4.78 is 96.4. The summed E-state index contributed by atoms with van der Waals surface area (Å²) in [6.07, 6.45) is -2.23. The van der Waals surface area contributed by atoms with Crippen molar-refractivity contribution in [2.24, 2.45) is 0 Å². The Balaban J connectivity index is 1.65. The summed E-state index contributed by atoms with van der Waals surface area (Å²) in [5.41, 5.74) is -3.38. The molecule has 2 saturated heterocycles. The molecule has 37 heavy (non-hydrogen) atoms. The molecule has 2 aromatic carbocycles. The van der Waals surface area contributed by atoms with Crippen LogP contribution in [0.4, 0.5) is 22.0 Å². The molecule has 2 fully saturated rings. The molecule has 12 heteroatoms. The van der Waals surface area contributed by atoms with Gasteiger partial charge in [-0.15, -0.1) is 0 Å². The van der Waals surface area contributed by atoms with Crippen molar-refractivity contribution in [3.8, 4) is 11.1 Å². The Hall–Kier alpha value is -1.79. The summed E-state index contributed by atoms with van der Waals surface area (Å²) in [5, 5.41) is 9.76. The molecule has 0 amide bonds. The Labute approximate surface area is 217 Å². The topological polar surface area (TPSA) is 60.9 Å². The second-order valence-electron chi connectivity index (χ2n) is 9.97. The highest BCUT2D eigenvalue weighted by molar-refractivity contribution is 7.88. The van der Waals surface area contributed by atoms with E-state index in [1.807, 2.05) is 4.90 Å². The van der Waals surface area contributed by atoms with Crippen molar-refractivity contribution < 1.29 is 35.5 Å². The number of likely N-dealkylation sites (tertiary alicyclic amines) is 1. The Morgan fingerprint density at radius 1 is 1.05 bits per heavy atom. The van der Waals surface area contributed by atoms with Crippen LogP contribution in [0.1, 0.15) is 43.4 Å². The molecule has 0 saturated carbocycles. The molecule has 3 atom stereocenters. The van der Waals surface area contributed by atoms with Crippen molar-refractivity contribution >= 4 is 21.6 Å². The maximum atomic E-state index is 15.7. The van der Waals surface area contributed by atoms with Gasteiger partial charge in [-0.3, -0.25) is 4.90 Å². The number of fused-ring (bicyclic) bond motifs is 2. The van der Waals surface area contributed by atoms with E-state index >= 15 is 8.78 Å². The fraction of sp³-hybridized carbons (Fsp3) is 0.520. The molecule has 5 nitrogen and oxygen atoms in total. The highest BCUT2D eigenvalue weighted by atomic mass is 35.5. The lowest BCUT2D eigenvalue weighted by Gasteiger charge is -2.39. The number of hydrogen-bond acceptors (Lipinski definition) is 4. The number of halogens is 6. The standard InChI is InChI=1S/C25H28ClF5N2O3S/c1-4-17-19(18-8-5-14(9-21(18)26)24(2,34)25(29,30)31)10-22(27)20(23(17)28)13-32-11-15-6-7-16(12-32)33(15)37(3,35)36/h5,8-10,15-16,34H,4,6-7,11-13H2,1-3H3. The van der Waals surface area contributed by atoms with E-state index in [4.69, 9.17) is 11.6 Å². The zero-order valence-corrected chi connectivity index (χ0v) is 22.1. The van der Waals surface area contributed by atoms with E-state index in [9.17, 15) is 26.7 Å². The Morgan fingerprint density at radius 2 is 1.65 bits per heavy atom. The molecule has 0 spiro atoms. The molecule has 3 unspecified atom stereocenters. The molecule has 4 rings (SSSR count). The zero-order chi connectivity index (χ0) is 27.5. The van der Waals surface area contributed by atoms with Gasteiger partial charge in [0, 0.05) is 47.9 Å². The fourth-order valence-electron chi connectivity index (χ4n) is 5.48. The van der Waals surface area contributed by atoms with Gasteiger partial charge in [-0.1, -0.05) is 30.7 Å². The third-order valence-electron chi connectivity index (χ3n) is 7.40. The van der Waals surface area contributed by atoms with Crippen molar-refractivity contribution in [2.75, 3.05) is 19.3 Å². The van der Waals surface area contributed by atoms with Crippen LogP contribution in [0.25, 0.3) is 11.1 Å². The van der Waals surface area contributed by atoms with Crippen LogP contribution in [-0.2, 0) is 28.6 Å². The number of piperazine rings is 1. The first-order valence-corrected chi connectivity index (χ1v) is 14.1. The van der Waals surface area contributed by atoms with Crippen LogP contribution in [0.3, 0.4) is 0 Å². The van der Waals surface area contributed by atoms with Crippen molar-refractivity contribution in [3.63, 3.8) is 0 Å². The maximum Gasteiger partial charge on any atom is 0.421 e. The van der Waals surface area contributed by atoms with Gasteiger partial charge in [0.2, 0.25) is 10.0 Å². The number of sulfonamides is 1. The van der Waals surface area contributed by atoms with E-state index < -0.39 is 39.0 Å². The molecule has 2 aromatic rings. The summed E-state index contributed by atoms with van der Waals surface area (Å²) in [7, 11) is -3.38. The van der Waals surface area contributed by atoms with E-state index in [2.05, 4.69) is 0 Å². The predicted molar refractivity (Wildman–Crippen MR) is 131 cm³/mol. The molecular formula is C25H28ClF5N2O3S. The molecule has 0 aromatic heterocycles. The summed E-state index contributed by atoms with van der Waals surface area (Å²) >= 11 is 6.25. The lowest BCUT2D eigenvalue weighted by atomic mass is 9.90. The van der Waals surface area contributed by atoms with Gasteiger partial charge in [-0.2, -0.15) is 17.5 Å². The smallest absolute Gasteiger partial charge is 0.376 e. The van der Waals surface area contributed by atoms with E-state index in [0.717, 1.165) is 18.2 Å². The number of nitrogens with zero attached hydrogens (tertiary/aromatic N) is 2. The SMILES string of the molecule is CCc1c(-c2ccc(C(C)(O)C(F)(F)F)cc2Cl)cc(F)c(CN2CC3CCC(C2)N3S(C)(=O)=O)c1F. The second kappa shape index (κ2) is 9.75. The van der Waals surface area contributed by atoms with Crippen LogP contribution in [0.2, 0.25) is 5.02 Å². The van der Waals surface area contributed by atoms with Crippen LogP contribution in [0.15, 0.2) is 24.3 Å². The van der Waals surface area contributed by atoms with E-state index in [0.29, 0.717) is 32.9 Å². The molecule has 2 aliphatic heterocycles. The molecule has 2 aliphatic rings. The van der Waals surface area contributed by atoms with E-state index in [1.54, 1.807) is 6.92 Å². The Morgan fingerprint density at radius 3 is 2.14 bits per heavy atom. The van der Waals surface area contributed by atoms with E-state index in [1.165, 1.54) is 16.6 Å². The van der Waals surface area contributed by atoms with Crippen LogP contribution in [-0.4, -0.2) is 60.3 Å². The quantitative estimate of drug-likeness (QED) is 0.487. The van der Waals surface area contributed by atoms with Gasteiger partial charge in [-0.05, 0) is 55.0 Å². The normalized spacial score (nSPS) is 22.9. The number of benzene rings is 2. The van der Waals surface area contributed by atoms with Crippen molar-refractivity contribution in [2.45, 2.75) is 63.5 Å². The lowest BCUT2D eigenvalue weighted by molar-refractivity contribution is -0.258. The minimum atomic E-state index is -4.95. The van der Waals surface area contributed by atoms with Gasteiger partial charge in [0.1, 0.15) is 11.6 Å². The van der Waals surface area contributed by atoms with Crippen molar-refractivity contribution in [1.82, 2.24) is 9.21 Å². The van der Waals surface area contributed by atoms with Crippen LogP contribution < -0.4 is 0 Å². The minimum Gasteiger partial charge on any atom is -0.376 e. The van der Waals surface area contributed by atoms with Crippen molar-refractivity contribution in [3.05, 3.63) is 57.6 Å². The molecular weight excluding hydrogens is 539 g/mol. The molecule has 2 bridgehead atoms. The number of hydrogen-bond donors (Lipinski definition) is 1. The first-order chi connectivity index (χ1) is 17.1. The first kappa shape index (κ1) is 28.2. The van der Waals surface area contributed by atoms with Crippen molar-refractivity contribution in [1.29, 1.82) is 0 Å². The monoisotopic (exact) mass is 566 g/mol. The van der Waals surface area contributed by atoms with Gasteiger partial charge in [0.25, 0.3) is 0 Å². The third-order valence-corrected chi connectivity index (χ3v) is 9.07. The molecule has 204 valence electrons. The summed E-state index contributed by atoms with van der Waals surface area (Å²) in [6, 6.07) is 3.85. The number of rotatable bonds is 6. The summed E-state index contributed by atoms with van der Waals surface area (Å²) in [5.74, 6) is -1.59. The summed E-state index contributed by atoms with van der Waals surface area (Å²) in [4.78, 5) is 1.85. The van der Waals surface area contributed by atoms with Crippen LogP contribution in [0, 0.1) is 11.6 Å².